The van der Waals surface area contributed by atoms with Gasteiger partial charge in [-0.15, -0.1) is 0 Å². The predicted molar refractivity (Wildman–Crippen MR) is 68.1 cm³/mol. The summed E-state index contributed by atoms with van der Waals surface area (Å²) in [4.78, 5) is 22.5. The third kappa shape index (κ3) is 4.56. The topological polar surface area (TPSA) is 78.5 Å². The lowest BCUT2D eigenvalue weighted by Gasteiger charge is -2.24. The molecule has 1 aromatic carbocycles. The quantitative estimate of drug-likeness (QED) is 0.506. The second-order valence-corrected chi connectivity index (χ2v) is 5.77. The van der Waals surface area contributed by atoms with E-state index in [1.807, 2.05) is 0 Å². The van der Waals surface area contributed by atoms with Gasteiger partial charge in [-0.25, -0.2) is 26.7 Å². The Labute approximate surface area is 133 Å². The van der Waals surface area contributed by atoms with E-state index in [0.717, 1.165) is 0 Å². The van der Waals surface area contributed by atoms with E-state index in [-0.39, 0.29) is 0 Å². The van der Waals surface area contributed by atoms with Crippen LogP contribution in [-0.2, 0) is 16.0 Å². The van der Waals surface area contributed by atoms with E-state index >= 15 is 0 Å². The van der Waals surface area contributed by atoms with Crippen LogP contribution in [0, 0.1) is 29.1 Å². The molecule has 24 heavy (non-hydrogen) atoms. The average molecular weight is 354 g/mol. The molecular weight excluding hydrogens is 341 g/mol. The van der Waals surface area contributed by atoms with Gasteiger partial charge in [0.25, 0.3) is 0 Å². The number of carbonyl (C=O) groups excluding carboxylic acids is 2. The molecule has 0 aromatic heterocycles. The van der Waals surface area contributed by atoms with Crippen molar-refractivity contribution in [3.8, 4) is 0 Å². The van der Waals surface area contributed by atoms with Crippen LogP contribution in [0.2, 0.25) is 0 Å². The Hall–Kier alpha value is -2.39. The summed E-state index contributed by atoms with van der Waals surface area (Å²) in [6.07, 6.45) is -2.49. The second-order valence-electron chi connectivity index (χ2n) is 5.77. The average Bonchev–Trinajstić information content (AvgIpc) is 2.44. The molecule has 0 saturated carbocycles. The van der Waals surface area contributed by atoms with Gasteiger partial charge in [-0.1, -0.05) is 0 Å². The number of rotatable bonds is 4. The molecule has 0 unspecified atom stereocenters. The number of benzene rings is 1. The molecule has 0 heterocycles. The maximum absolute atomic E-state index is 13.6. The van der Waals surface area contributed by atoms with Crippen molar-refractivity contribution in [1.82, 2.24) is 5.32 Å². The Morgan fingerprint density at radius 2 is 1.42 bits per heavy atom. The fraction of sp³-hybridized carbons (Fsp3) is 0.429. The van der Waals surface area contributed by atoms with Crippen molar-refractivity contribution in [2.45, 2.75) is 38.8 Å². The normalized spacial score (nSPS) is 12.7. The zero-order valence-electron chi connectivity index (χ0n) is 12.8. The zero-order chi connectivity index (χ0) is 18.8. The largest absolute Gasteiger partial charge is 0.548 e. The van der Waals surface area contributed by atoms with Gasteiger partial charge >= 0.3 is 6.09 Å². The Morgan fingerprint density at radius 1 is 1.00 bits per heavy atom. The second kappa shape index (κ2) is 7.02. The van der Waals surface area contributed by atoms with Crippen molar-refractivity contribution in [2.75, 3.05) is 0 Å². The number of ether oxygens (including phenoxy) is 1. The summed E-state index contributed by atoms with van der Waals surface area (Å²) in [5.41, 5.74) is -2.40. The van der Waals surface area contributed by atoms with Gasteiger partial charge < -0.3 is 20.0 Å². The monoisotopic (exact) mass is 354 g/mol. The fourth-order valence-electron chi connectivity index (χ4n) is 1.68. The first kappa shape index (κ1) is 19.7. The number of hydrogen-bond donors (Lipinski definition) is 1. The van der Waals surface area contributed by atoms with E-state index in [9.17, 15) is 36.6 Å². The van der Waals surface area contributed by atoms with Gasteiger partial charge in [-0.3, -0.25) is 0 Å². The molecule has 1 aromatic rings. The van der Waals surface area contributed by atoms with Crippen molar-refractivity contribution in [3.63, 3.8) is 0 Å². The molecule has 134 valence electrons. The number of carbonyl (C=O) groups is 2. The molecule has 0 bridgehead atoms. The molecule has 0 fully saturated rings. The van der Waals surface area contributed by atoms with Crippen LogP contribution >= 0.6 is 0 Å². The van der Waals surface area contributed by atoms with Crippen LogP contribution < -0.4 is 10.4 Å². The number of aliphatic carboxylic acids is 1. The molecule has 1 rings (SSSR count). The third-order valence-corrected chi connectivity index (χ3v) is 2.68. The first-order valence-electron chi connectivity index (χ1n) is 6.55. The zero-order valence-corrected chi connectivity index (χ0v) is 12.8. The minimum Gasteiger partial charge on any atom is -0.548 e. The highest BCUT2D eigenvalue weighted by Gasteiger charge is 2.29. The van der Waals surface area contributed by atoms with Gasteiger partial charge in [0.1, 0.15) is 5.60 Å². The highest BCUT2D eigenvalue weighted by molar-refractivity contribution is 5.79. The molecule has 0 saturated heterocycles. The minimum absolute atomic E-state index is 1.01. The van der Waals surface area contributed by atoms with Gasteiger partial charge in [-0.05, 0) is 20.8 Å². The Kier molecular flexibility index (Phi) is 5.75. The number of alkyl carbamates (subject to hydrolysis) is 1. The molecule has 10 heteroatoms. The van der Waals surface area contributed by atoms with Crippen LogP contribution in [0.1, 0.15) is 26.3 Å². The van der Waals surface area contributed by atoms with E-state index in [0.29, 0.717) is 0 Å². The summed E-state index contributed by atoms with van der Waals surface area (Å²) in [5, 5.41) is 12.7. The number of nitrogens with one attached hydrogen (secondary N) is 1. The summed E-state index contributed by atoms with van der Waals surface area (Å²) in [6.45, 7) is 4.39. The lowest BCUT2D eigenvalue weighted by atomic mass is 10.0. The first-order valence-corrected chi connectivity index (χ1v) is 6.55. The Balaban J connectivity index is 3.11. The smallest absolute Gasteiger partial charge is 0.408 e. The maximum atomic E-state index is 13.6. The van der Waals surface area contributed by atoms with Crippen molar-refractivity contribution in [3.05, 3.63) is 34.6 Å². The van der Waals surface area contributed by atoms with Gasteiger partial charge in [0, 0.05) is 12.0 Å². The molecule has 0 aliphatic heterocycles. The Morgan fingerprint density at radius 3 is 1.79 bits per heavy atom. The lowest BCUT2D eigenvalue weighted by molar-refractivity contribution is -0.308. The van der Waals surface area contributed by atoms with E-state index in [4.69, 9.17) is 4.74 Å². The predicted octanol–water partition coefficient (Wildman–Crippen LogP) is 1.57. The molecule has 0 aliphatic carbocycles. The molecule has 1 N–H and O–H groups in total. The first-order chi connectivity index (χ1) is 10.8. The van der Waals surface area contributed by atoms with E-state index < -0.39 is 64.8 Å². The number of hydrogen-bond acceptors (Lipinski definition) is 4. The molecule has 0 spiro atoms. The van der Waals surface area contributed by atoms with Gasteiger partial charge in [-0.2, -0.15) is 0 Å². The third-order valence-electron chi connectivity index (χ3n) is 2.68. The molecular formula is C14H13F5NO4-. The number of carboxylic acid groups (broad SMARTS) is 1. The SMILES string of the molecule is CC(C)(C)OC(=O)N[C@H](Cc1c(F)c(F)c(F)c(F)c1F)C(=O)[O-]. The molecule has 1 atom stereocenters. The summed E-state index contributed by atoms with van der Waals surface area (Å²) < 4.78 is 71.0. The van der Waals surface area contributed by atoms with E-state index in [2.05, 4.69) is 0 Å². The molecule has 1 amide bonds. The maximum Gasteiger partial charge on any atom is 0.408 e. The fourth-order valence-corrected chi connectivity index (χ4v) is 1.68. The summed E-state index contributed by atoms with van der Waals surface area (Å²) >= 11 is 0. The highest BCUT2D eigenvalue weighted by Crippen LogP contribution is 2.24. The summed E-state index contributed by atoms with van der Waals surface area (Å²) in [6, 6.07) is -2.08. The number of carboxylic acids is 1. The van der Waals surface area contributed by atoms with Crippen LogP contribution in [0.4, 0.5) is 26.7 Å². The molecule has 0 aliphatic rings. The highest BCUT2D eigenvalue weighted by atomic mass is 19.2. The summed E-state index contributed by atoms with van der Waals surface area (Å²) in [5.74, 6) is -13.2. The van der Waals surface area contributed by atoms with Gasteiger partial charge in [0.15, 0.2) is 23.3 Å². The number of halogens is 5. The minimum atomic E-state index is -2.38. The van der Waals surface area contributed by atoms with Crippen LogP contribution in [0.5, 0.6) is 0 Å². The van der Waals surface area contributed by atoms with Crippen molar-refractivity contribution in [1.29, 1.82) is 0 Å². The van der Waals surface area contributed by atoms with Crippen LogP contribution in [0.25, 0.3) is 0 Å². The molecule has 0 radical (unpaired) electrons. The van der Waals surface area contributed by atoms with Crippen LogP contribution in [0.3, 0.4) is 0 Å². The lowest BCUT2D eigenvalue weighted by Crippen LogP contribution is -2.50. The van der Waals surface area contributed by atoms with Crippen LogP contribution in [-0.4, -0.2) is 23.7 Å². The van der Waals surface area contributed by atoms with E-state index in [1.54, 1.807) is 5.32 Å². The van der Waals surface area contributed by atoms with Crippen molar-refractivity contribution < 1.29 is 41.4 Å². The van der Waals surface area contributed by atoms with Gasteiger partial charge in [0.2, 0.25) is 5.82 Å². The van der Waals surface area contributed by atoms with Gasteiger partial charge in [0.05, 0.1) is 12.0 Å². The standard InChI is InChI=1S/C14H14F5NO4/c1-14(2,3)24-13(23)20-6(12(21)22)4-5-7(15)9(17)11(19)10(18)8(5)16/h6H,4H2,1-3H3,(H,20,23)(H,21,22)/p-1/t6-/m1/s1. The van der Waals surface area contributed by atoms with E-state index in [1.165, 1.54) is 20.8 Å². The van der Waals surface area contributed by atoms with Crippen molar-refractivity contribution >= 4 is 12.1 Å². The summed E-state index contributed by atoms with van der Waals surface area (Å²) in [7, 11) is 0. The van der Waals surface area contributed by atoms with Crippen molar-refractivity contribution in [2.24, 2.45) is 0 Å². The number of amides is 1. The Bertz CT molecular complexity index is 643. The van der Waals surface area contributed by atoms with Crippen LogP contribution in [0.15, 0.2) is 0 Å². The molecule has 5 nitrogen and oxygen atoms in total.